The molecule has 2 saturated carbocycles. The van der Waals surface area contributed by atoms with Crippen LogP contribution in [0, 0.1) is 11.8 Å². The zero-order valence-electron chi connectivity index (χ0n) is 30.9. The van der Waals surface area contributed by atoms with Gasteiger partial charge in [-0.05, 0) is 108 Å². The van der Waals surface area contributed by atoms with Crippen molar-refractivity contribution in [1.82, 2.24) is 10.6 Å². The average molecular weight is 735 g/mol. The first-order valence-corrected chi connectivity index (χ1v) is 18.5. The number of benzene rings is 2. The molecule has 0 bridgehead atoms. The van der Waals surface area contributed by atoms with Gasteiger partial charge in [0.25, 0.3) is 0 Å². The van der Waals surface area contributed by atoms with E-state index in [1.54, 1.807) is 38.1 Å². The molecule has 2 amide bonds. The van der Waals surface area contributed by atoms with Crippen LogP contribution in [0.15, 0.2) is 85.0 Å². The topological polar surface area (TPSA) is 148 Å². The first-order chi connectivity index (χ1) is 25.5. The minimum Gasteiger partial charge on any atom is -0.490 e. The number of alkyl carbamates (subject to hydrolysis) is 2. The highest BCUT2D eigenvalue weighted by Gasteiger charge is 2.30. The van der Waals surface area contributed by atoms with E-state index >= 15 is 0 Å². The SMILES string of the molecule is C=C(C)C(=O)OCC(COc1ccccc1)OC(=O)NC1CCC(CC2CCC(NC(=O)OC(COC(=O)C(=C)C)COc3ccccc3)CC2)CC1. The van der Waals surface area contributed by atoms with Crippen LogP contribution in [0.2, 0.25) is 0 Å². The Labute approximate surface area is 312 Å². The molecule has 0 aliphatic heterocycles. The van der Waals surface area contributed by atoms with E-state index in [0.717, 1.165) is 57.8 Å². The lowest BCUT2D eigenvalue weighted by atomic mass is 9.76. The molecule has 2 aromatic carbocycles. The molecule has 2 unspecified atom stereocenters. The molecule has 2 atom stereocenters. The van der Waals surface area contributed by atoms with Crippen LogP contribution in [0.25, 0.3) is 0 Å². The van der Waals surface area contributed by atoms with Crippen molar-refractivity contribution in [3.8, 4) is 11.5 Å². The van der Waals surface area contributed by atoms with Crippen LogP contribution in [0.1, 0.15) is 71.6 Å². The van der Waals surface area contributed by atoms with E-state index in [4.69, 9.17) is 28.4 Å². The number of hydrogen-bond acceptors (Lipinski definition) is 10. The highest BCUT2D eigenvalue weighted by atomic mass is 16.6. The number of ether oxygens (including phenoxy) is 6. The molecule has 0 heterocycles. The van der Waals surface area contributed by atoms with Crippen LogP contribution in [0.3, 0.4) is 0 Å². The van der Waals surface area contributed by atoms with Gasteiger partial charge in [0.1, 0.15) is 37.9 Å². The Balaban J connectivity index is 1.14. The number of amides is 2. The van der Waals surface area contributed by atoms with Gasteiger partial charge in [-0.25, -0.2) is 19.2 Å². The Morgan fingerprint density at radius 2 is 0.943 bits per heavy atom. The van der Waals surface area contributed by atoms with Crippen LogP contribution in [-0.2, 0) is 28.5 Å². The van der Waals surface area contributed by atoms with Gasteiger partial charge in [0.2, 0.25) is 0 Å². The van der Waals surface area contributed by atoms with Gasteiger partial charge < -0.3 is 39.1 Å². The maximum Gasteiger partial charge on any atom is 0.407 e. The molecular weight excluding hydrogens is 680 g/mol. The summed E-state index contributed by atoms with van der Waals surface area (Å²) in [5, 5.41) is 5.98. The van der Waals surface area contributed by atoms with Crippen molar-refractivity contribution >= 4 is 24.1 Å². The van der Waals surface area contributed by atoms with Gasteiger partial charge in [-0.3, -0.25) is 0 Å². The first-order valence-electron chi connectivity index (χ1n) is 18.5. The van der Waals surface area contributed by atoms with Crippen molar-refractivity contribution in [2.24, 2.45) is 11.8 Å². The molecule has 2 aromatic rings. The number of carbonyl (C=O) groups is 4. The summed E-state index contributed by atoms with van der Waals surface area (Å²) >= 11 is 0. The second kappa shape index (κ2) is 21.5. The Morgan fingerprint density at radius 1 is 0.585 bits per heavy atom. The van der Waals surface area contributed by atoms with Gasteiger partial charge in [-0.1, -0.05) is 49.6 Å². The predicted molar refractivity (Wildman–Crippen MR) is 198 cm³/mol. The third-order valence-electron chi connectivity index (χ3n) is 9.41. The second-order valence-corrected chi connectivity index (χ2v) is 14.0. The number of rotatable bonds is 18. The van der Waals surface area contributed by atoms with E-state index < -0.39 is 36.3 Å². The molecule has 0 spiro atoms. The fourth-order valence-corrected chi connectivity index (χ4v) is 6.49. The zero-order valence-corrected chi connectivity index (χ0v) is 30.9. The largest absolute Gasteiger partial charge is 0.490 e. The minimum absolute atomic E-state index is 0.00425. The molecule has 4 rings (SSSR count). The Morgan fingerprint density at radius 3 is 1.28 bits per heavy atom. The van der Waals surface area contributed by atoms with Crippen LogP contribution in [0.4, 0.5) is 9.59 Å². The molecule has 12 nitrogen and oxygen atoms in total. The van der Waals surface area contributed by atoms with Crippen LogP contribution in [-0.4, -0.2) is 74.8 Å². The van der Waals surface area contributed by atoms with Crippen LogP contribution in [0.5, 0.6) is 11.5 Å². The lowest BCUT2D eigenvalue weighted by Crippen LogP contribution is -2.42. The summed E-state index contributed by atoms with van der Waals surface area (Å²) in [6.45, 7) is 10.1. The van der Waals surface area contributed by atoms with Gasteiger partial charge >= 0.3 is 24.1 Å². The Bertz CT molecular complexity index is 1370. The maximum absolute atomic E-state index is 12.8. The standard InChI is InChI=1S/C41H54N2O10/c1-28(2)38(44)50-26-36(24-48-34-11-7-5-8-12-34)52-40(46)42-32-19-15-30(16-20-32)23-31-17-21-33(22-18-31)43-41(47)53-37(27-51-39(45)29(3)4)25-49-35-13-9-6-10-14-35/h5-14,30-33,36-37H,1,3,15-27H2,2,4H3,(H,42,46)(H,43,47). The lowest BCUT2D eigenvalue weighted by molar-refractivity contribution is -0.143. The molecule has 0 aromatic heterocycles. The summed E-state index contributed by atoms with van der Waals surface area (Å²) in [5.41, 5.74) is 0.519. The zero-order chi connectivity index (χ0) is 38.0. The maximum atomic E-state index is 12.8. The summed E-state index contributed by atoms with van der Waals surface area (Å²) in [4.78, 5) is 49.6. The molecule has 53 heavy (non-hydrogen) atoms. The smallest absolute Gasteiger partial charge is 0.407 e. The number of para-hydroxylation sites is 2. The quantitative estimate of drug-likeness (QED) is 0.0925. The summed E-state index contributed by atoms with van der Waals surface area (Å²) in [6, 6.07) is 18.3. The minimum atomic E-state index is -0.789. The molecule has 2 aliphatic rings. The summed E-state index contributed by atoms with van der Waals surface area (Å²) in [5.74, 6) is 1.27. The monoisotopic (exact) mass is 734 g/mol. The second-order valence-electron chi connectivity index (χ2n) is 14.0. The third-order valence-corrected chi connectivity index (χ3v) is 9.41. The average Bonchev–Trinajstić information content (AvgIpc) is 3.15. The summed E-state index contributed by atoms with van der Waals surface area (Å²) in [6.07, 6.45) is 5.88. The van der Waals surface area contributed by atoms with Gasteiger partial charge in [0.05, 0.1) is 0 Å². The van der Waals surface area contributed by atoms with Crippen molar-refractivity contribution in [3.05, 3.63) is 85.0 Å². The summed E-state index contributed by atoms with van der Waals surface area (Å²) in [7, 11) is 0. The number of nitrogens with one attached hydrogen (secondary N) is 2. The van der Waals surface area contributed by atoms with Crippen molar-refractivity contribution in [1.29, 1.82) is 0 Å². The van der Waals surface area contributed by atoms with Gasteiger partial charge in [-0.15, -0.1) is 0 Å². The molecule has 2 aliphatic carbocycles. The molecular formula is C41H54N2O10. The van der Waals surface area contributed by atoms with Crippen molar-refractivity contribution in [2.75, 3.05) is 26.4 Å². The first kappa shape index (κ1) is 40.8. The van der Waals surface area contributed by atoms with Crippen molar-refractivity contribution in [3.63, 3.8) is 0 Å². The van der Waals surface area contributed by atoms with E-state index in [9.17, 15) is 19.2 Å². The number of esters is 2. The molecule has 288 valence electrons. The van der Waals surface area contributed by atoms with Gasteiger partial charge in [-0.2, -0.15) is 0 Å². The van der Waals surface area contributed by atoms with E-state index in [1.165, 1.54) is 0 Å². The van der Waals surface area contributed by atoms with Gasteiger partial charge in [0, 0.05) is 23.2 Å². The predicted octanol–water partition coefficient (Wildman–Crippen LogP) is 7.08. The van der Waals surface area contributed by atoms with E-state index in [2.05, 4.69) is 23.8 Å². The Hall–Kier alpha value is -5.00. The van der Waals surface area contributed by atoms with E-state index in [1.807, 2.05) is 36.4 Å². The van der Waals surface area contributed by atoms with E-state index in [0.29, 0.717) is 23.3 Å². The number of carbonyl (C=O) groups excluding carboxylic acids is 4. The van der Waals surface area contributed by atoms with Crippen molar-refractivity contribution in [2.45, 2.75) is 95.9 Å². The van der Waals surface area contributed by atoms with E-state index in [-0.39, 0.29) is 49.7 Å². The third kappa shape index (κ3) is 15.2. The molecule has 2 fully saturated rings. The highest BCUT2D eigenvalue weighted by molar-refractivity contribution is 5.87. The molecule has 12 heteroatoms. The Kier molecular flexibility index (Phi) is 16.5. The molecule has 2 N–H and O–H groups in total. The molecule has 0 saturated heterocycles. The highest BCUT2D eigenvalue weighted by Crippen LogP contribution is 2.35. The molecule has 0 radical (unpaired) electrons. The van der Waals surface area contributed by atoms with Crippen LogP contribution < -0.4 is 20.1 Å². The van der Waals surface area contributed by atoms with Crippen molar-refractivity contribution < 1.29 is 47.6 Å². The number of hydrogen-bond donors (Lipinski definition) is 2. The fourth-order valence-electron chi connectivity index (χ4n) is 6.49. The summed E-state index contributed by atoms with van der Waals surface area (Å²) < 4.78 is 33.2. The lowest BCUT2D eigenvalue weighted by Gasteiger charge is -2.34. The van der Waals surface area contributed by atoms with Gasteiger partial charge in [0.15, 0.2) is 12.2 Å². The normalized spacial score (nSPS) is 20.7. The fraction of sp³-hybridized carbons (Fsp3) is 0.512. The van der Waals surface area contributed by atoms with Crippen LogP contribution >= 0.6 is 0 Å².